The average molecular weight is 196 g/mol. The predicted octanol–water partition coefficient (Wildman–Crippen LogP) is 0.484. The molecule has 1 atom stereocenters. The second kappa shape index (κ2) is 3.26. The molecule has 0 aromatic heterocycles. The summed E-state index contributed by atoms with van der Waals surface area (Å²) in [5.74, 6) is -0.356. The van der Waals surface area contributed by atoms with Gasteiger partial charge in [0.25, 0.3) is 0 Å². The van der Waals surface area contributed by atoms with Gasteiger partial charge in [-0.2, -0.15) is 0 Å². The Labute approximate surface area is 79.9 Å². The van der Waals surface area contributed by atoms with Crippen LogP contribution in [-0.2, 0) is 4.79 Å². The summed E-state index contributed by atoms with van der Waals surface area (Å²) in [6.45, 7) is 0.102. The molecule has 0 aliphatic carbocycles. The third-order valence-corrected chi connectivity index (χ3v) is 1.95. The quantitative estimate of drug-likeness (QED) is 0.634. The summed E-state index contributed by atoms with van der Waals surface area (Å²) < 4.78 is 18.0. The minimum Gasteiger partial charge on any atom is -0.489 e. The molecule has 1 heterocycles. The van der Waals surface area contributed by atoms with Crippen molar-refractivity contribution in [3.8, 4) is 5.75 Å². The monoisotopic (exact) mass is 196 g/mol. The minimum atomic E-state index is -0.717. The van der Waals surface area contributed by atoms with Crippen LogP contribution in [-0.4, -0.2) is 18.6 Å². The zero-order valence-electron chi connectivity index (χ0n) is 7.29. The van der Waals surface area contributed by atoms with Crippen LogP contribution in [0.4, 0.5) is 10.1 Å². The molecule has 1 amide bonds. The molecule has 0 fully saturated rings. The van der Waals surface area contributed by atoms with Crippen molar-refractivity contribution in [2.45, 2.75) is 6.04 Å². The summed E-state index contributed by atoms with van der Waals surface area (Å²) >= 11 is 0. The van der Waals surface area contributed by atoms with Gasteiger partial charge in [-0.15, -0.1) is 0 Å². The zero-order valence-corrected chi connectivity index (χ0v) is 7.29. The maximum absolute atomic E-state index is 12.8. The van der Waals surface area contributed by atoms with Gasteiger partial charge < -0.3 is 15.8 Å². The van der Waals surface area contributed by atoms with E-state index in [-0.39, 0.29) is 12.5 Å². The number of anilines is 1. The largest absolute Gasteiger partial charge is 0.489 e. The summed E-state index contributed by atoms with van der Waals surface area (Å²) in [6, 6.07) is 3.21. The van der Waals surface area contributed by atoms with Gasteiger partial charge in [-0.3, -0.25) is 4.79 Å². The summed E-state index contributed by atoms with van der Waals surface area (Å²) in [5, 5.41) is 2.48. The lowest BCUT2D eigenvalue weighted by molar-refractivity contribution is -0.117. The van der Waals surface area contributed by atoms with Crippen LogP contribution in [0.15, 0.2) is 18.2 Å². The smallest absolute Gasteiger partial charge is 0.244 e. The number of carbonyl (C=O) groups excluding carboxylic acids is 1. The molecule has 0 spiro atoms. The molecule has 3 N–H and O–H groups in total. The lowest BCUT2D eigenvalue weighted by Crippen LogP contribution is -2.38. The number of amides is 1. The number of carbonyl (C=O) groups is 1. The van der Waals surface area contributed by atoms with E-state index in [2.05, 4.69) is 5.32 Å². The van der Waals surface area contributed by atoms with E-state index in [0.717, 1.165) is 0 Å². The van der Waals surface area contributed by atoms with Crippen LogP contribution in [0.2, 0.25) is 0 Å². The topological polar surface area (TPSA) is 64.3 Å². The van der Waals surface area contributed by atoms with E-state index in [1.807, 2.05) is 0 Å². The van der Waals surface area contributed by atoms with Gasteiger partial charge in [0.1, 0.15) is 24.2 Å². The number of fused-ring (bicyclic) bond motifs is 1. The molecular formula is C9H9FN2O2. The van der Waals surface area contributed by atoms with Crippen molar-refractivity contribution in [3.05, 3.63) is 24.0 Å². The van der Waals surface area contributed by atoms with Crippen LogP contribution in [0, 0.1) is 5.82 Å². The second-order valence-electron chi connectivity index (χ2n) is 3.05. The molecule has 2 rings (SSSR count). The SMILES string of the molecule is NC1COc2ccc(F)cc2NC1=O. The van der Waals surface area contributed by atoms with E-state index in [1.165, 1.54) is 18.2 Å². The minimum absolute atomic E-state index is 0.102. The molecule has 0 saturated heterocycles. The van der Waals surface area contributed by atoms with Gasteiger partial charge in [0.05, 0.1) is 5.69 Å². The molecule has 74 valence electrons. The van der Waals surface area contributed by atoms with E-state index >= 15 is 0 Å². The van der Waals surface area contributed by atoms with Crippen molar-refractivity contribution >= 4 is 11.6 Å². The lowest BCUT2D eigenvalue weighted by atomic mass is 10.2. The van der Waals surface area contributed by atoms with E-state index in [0.29, 0.717) is 11.4 Å². The maximum Gasteiger partial charge on any atom is 0.244 e. The van der Waals surface area contributed by atoms with Gasteiger partial charge in [0, 0.05) is 6.07 Å². The van der Waals surface area contributed by atoms with Gasteiger partial charge in [0.2, 0.25) is 5.91 Å². The Bertz CT molecular complexity index is 381. The Hall–Kier alpha value is -1.62. The highest BCUT2D eigenvalue weighted by molar-refractivity contribution is 5.96. The van der Waals surface area contributed by atoms with Crippen molar-refractivity contribution in [1.82, 2.24) is 0 Å². The predicted molar refractivity (Wildman–Crippen MR) is 48.5 cm³/mol. The molecule has 0 radical (unpaired) electrons. The fourth-order valence-electron chi connectivity index (χ4n) is 1.21. The van der Waals surface area contributed by atoms with E-state index in [4.69, 9.17) is 10.5 Å². The molecule has 4 nitrogen and oxygen atoms in total. The number of nitrogens with one attached hydrogen (secondary N) is 1. The third-order valence-electron chi connectivity index (χ3n) is 1.95. The molecule has 0 bridgehead atoms. The van der Waals surface area contributed by atoms with Gasteiger partial charge >= 0.3 is 0 Å². The lowest BCUT2D eigenvalue weighted by Gasteiger charge is -2.05. The fourth-order valence-corrected chi connectivity index (χ4v) is 1.21. The van der Waals surface area contributed by atoms with Crippen molar-refractivity contribution in [2.24, 2.45) is 5.73 Å². The van der Waals surface area contributed by atoms with Gasteiger partial charge in [-0.25, -0.2) is 4.39 Å². The fraction of sp³-hybridized carbons (Fsp3) is 0.222. The first-order valence-electron chi connectivity index (χ1n) is 4.15. The van der Waals surface area contributed by atoms with Gasteiger partial charge in [-0.1, -0.05) is 0 Å². The molecular weight excluding hydrogens is 187 g/mol. The highest BCUT2D eigenvalue weighted by Gasteiger charge is 2.21. The summed E-state index contributed by atoms with van der Waals surface area (Å²) in [6.07, 6.45) is 0. The summed E-state index contributed by atoms with van der Waals surface area (Å²) in [7, 11) is 0. The Morgan fingerprint density at radius 1 is 1.57 bits per heavy atom. The highest BCUT2D eigenvalue weighted by Crippen LogP contribution is 2.27. The van der Waals surface area contributed by atoms with Crippen molar-refractivity contribution in [1.29, 1.82) is 0 Å². The first kappa shape index (κ1) is 8.96. The number of hydrogen-bond donors (Lipinski definition) is 2. The molecule has 1 unspecified atom stereocenters. The molecule has 14 heavy (non-hydrogen) atoms. The summed E-state index contributed by atoms with van der Waals surface area (Å²) in [4.78, 5) is 11.2. The Kier molecular flexibility index (Phi) is 2.09. The van der Waals surface area contributed by atoms with Crippen LogP contribution >= 0.6 is 0 Å². The molecule has 1 aromatic rings. The number of benzene rings is 1. The first-order valence-corrected chi connectivity index (χ1v) is 4.15. The molecule has 5 heteroatoms. The molecule has 1 aliphatic rings. The highest BCUT2D eigenvalue weighted by atomic mass is 19.1. The van der Waals surface area contributed by atoms with Crippen LogP contribution in [0.3, 0.4) is 0 Å². The van der Waals surface area contributed by atoms with Crippen molar-refractivity contribution in [2.75, 3.05) is 11.9 Å². The average Bonchev–Trinajstić information content (AvgIpc) is 2.27. The number of nitrogens with two attached hydrogens (primary N) is 1. The van der Waals surface area contributed by atoms with Crippen molar-refractivity contribution in [3.63, 3.8) is 0 Å². The number of ether oxygens (including phenoxy) is 1. The normalized spacial score (nSPS) is 20.4. The maximum atomic E-state index is 12.8. The van der Waals surface area contributed by atoms with E-state index in [1.54, 1.807) is 0 Å². The third kappa shape index (κ3) is 1.54. The number of hydrogen-bond acceptors (Lipinski definition) is 3. The summed E-state index contributed by atoms with van der Waals surface area (Å²) in [5.41, 5.74) is 5.79. The van der Waals surface area contributed by atoms with Crippen molar-refractivity contribution < 1.29 is 13.9 Å². The molecule has 1 aliphatic heterocycles. The van der Waals surface area contributed by atoms with E-state index in [9.17, 15) is 9.18 Å². The van der Waals surface area contributed by atoms with Crippen LogP contribution in [0.5, 0.6) is 5.75 Å². The Morgan fingerprint density at radius 2 is 2.36 bits per heavy atom. The Balaban J connectivity index is 2.38. The number of rotatable bonds is 0. The van der Waals surface area contributed by atoms with E-state index < -0.39 is 11.9 Å². The standard InChI is InChI=1S/C9H9FN2O2/c10-5-1-2-8-7(3-5)12-9(13)6(11)4-14-8/h1-3,6H,4,11H2,(H,12,13). The molecule has 0 saturated carbocycles. The second-order valence-corrected chi connectivity index (χ2v) is 3.05. The van der Waals surface area contributed by atoms with Crippen LogP contribution in [0.25, 0.3) is 0 Å². The van der Waals surface area contributed by atoms with Gasteiger partial charge in [-0.05, 0) is 12.1 Å². The number of halogens is 1. The van der Waals surface area contributed by atoms with Gasteiger partial charge in [0.15, 0.2) is 0 Å². The van der Waals surface area contributed by atoms with Crippen LogP contribution in [0.1, 0.15) is 0 Å². The Morgan fingerprint density at radius 3 is 3.14 bits per heavy atom. The molecule has 1 aromatic carbocycles. The van der Waals surface area contributed by atoms with Crippen LogP contribution < -0.4 is 15.8 Å². The first-order chi connectivity index (χ1) is 6.66. The zero-order chi connectivity index (χ0) is 10.1.